The molecule has 20 heavy (non-hydrogen) atoms. The number of carbonyl (C=O) groups is 1. The van der Waals surface area contributed by atoms with Crippen LogP contribution in [0.2, 0.25) is 0 Å². The minimum absolute atomic E-state index is 0.194. The van der Waals surface area contributed by atoms with E-state index in [0.29, 0.717) is 30.0 Å². The van der Waals surface area contributed by atoms with Gasteiger partial charge in [-0.1, -0.05) is 46.2 Å². The third kappa shape index (κ3) is 2.99. The van der Waals surface area contributed by atoms with Gasteiger partial charge in [-0.05, 0) is 12.1 Å². The monoisotopic (exact) mass is 334 g/mol. The fraction of sp³-hybridized carbons (Fsp3) is 0.200. The highest BCUT2D eigenvalue weighted by Crippen LogP contribution is 2.27. The first-order valence-corrected chi connectivity index (χ1v) is 7.10. The van der Waals surface area contributed by atoms with E-state index in [2.05, 4.69) is 33.0 Å². The Morgan fingerprint density at radius 2 is 2.15 bits per heavy atom. The maximum atomic E-state index is 12.2. The molecule has 2 rings (SSSR count). The quantitative estimate of drug-likeness (QED) is 0.850. The molecule has 2 aromatic rings. The average Bonchev–Trinajstić information content (AvgIpc) is 2.89. The van der Waals surface area contributed by atoms with E-state index in [0.717, 1.165) is 10.0 Å². The van der Waals surface area contributed by atoms with Crippen LogP contribution in [-0.2, 0) is 6.42 Å². The Morgan fingerprint density at radius 3 is 2.75 bits per heavy atom. The third-order valence-corrected chi connectivity index (χ3v) is 3.36. The number of nitrogens with one attached hydrogen (secondary N) is 1. The number of hydrogen-bond acceptors (Lipinski definition) is 3. The number of nitrogens with zero attached hydrogens (tertiary/aromatic N) is 1. The lowest BCUT2D eigenvalue weighted by Gasteiger charge is -2.04. The van der Waals surface area contributed by atoms with Crippen LogP contribution < -0.4 is 5.32 Å². The summed E-state index contributed by atoms with van der Waals surface area (Å²) in [5.74, 6) is 0.394. The highest BCUT2D eigenvalue weighted by Gasteiger charge is 2.22. The topological polar surface area (TPSA) is 55.1 Å². The summed E-state index contributed by atoms with van der Waals surface area (Å²) in [6.07, 6.45) is 2.25. The van der Waals surface area contributed by atoms with E-state index in [1.54, 1.807) is 6.08 Å². The van der Waals surface area contributed by atoms with Gasteiger partial charge in [0.2, 0.25) is 0 Å². The summed E-state index contributed by atoms with van der Waals surface area (Å²) in [6.45, 7) is 5.92. The van der Waals surface area contributed by atoms with Gasteiger partial charge in [0.05, 0.1) is 0 Å². The zero-order valence-corrected chi connectivity index (χ0v) is 12.7. The average molecular weight is 335 g/mol. The van der Waals surface area contributed by atoms with E-state index >= 15 is 0 Å². The van der Waals surface area contributed by atoms with Crippen LogP contribution in [0.4, 0.5) is 0 Å². The number of benzene rings is 1. The van der Waals surface area contributed by atoms with Crippen molar-refractivity contribution in [3.8, 4) is 11.3 Å². The molecule has 1 aromatic carbocycles. The van der Waals surface area contributed by atoms with E-state index in [-0.39, 0.29) is 5.91 Å². The lowest BCUT2D eigenvalue weighted by atomic mass is 10.0. The summed E-state index contributed by atoms with van der Waals surface area (Å²) in [7, 11) is 0. The molecule has 0 unspecified atom stereocenters. The standard InChI is InChI=1S/C15H15BrN2O2/c1-3-9-17-15(19)13-12(4-2)20-18-14(13)10-5-7-11(16)8-6-10/h3,5-8H,1,4,9H2,2H3,(H,17,19). The maximum Gasteiger partial charge on any atom is 0.257 e. The second kappa shape index (κ2) is 6.52. The first-order valence-electron chi connectivity index (χ1n) is 6.31. The molecule has 1 heterocycles. The number of hydrogen-bond donors (Lipinski definition) is 1. The number of carbonyl (C=O) groups excluding carboxylic acids is 1. The van der Waals surface area contributed by atoms with Gasteiger partial charge in [-0.15, -0.1) is 6.58 Å². The van der Waals surface area contributed by atoms with Crippen LogP contribution in [0, 0.1) is 0 Å². The SMILES string of the molecule is C=CCNC(=O)c1c(-c2ccc(Br)cc2)noc1CC. The van der Waals surface area contributed by atoms with E-state index in [1.165, 1.54) is 0 Å². The Labute approximate surface area is 126 Å². The van der Waals surface area contributed by atoms with Crippen molar-refractivity contribution < 1.29 is 9.32 Å². The molecular weight excluding hydrogens is 320 g/mol. The van der Waals surface area contributed by atoms with Crippen LogP contribution in [0.25, 0.3) is 11.3 Å². The molecule has 0 saturated heterocycles. The van der Waals surface area contributed by atoms with Crippen molar-refractivity contribution in [2.24, 2.45) is 0 Å². The Bertz CT molecular complexity index is 617. The summed E-state index contributed by atoms with van der Waals surface area (Å²) >= 11 is 3.38. The molecule has 1 aromatic heterocycles. The third-order valence-electron chi connectivity index (χ3n) is 2.84. The summed E-state index contributed by atoms with van der Waals surface area (Å²) in [5, 5.41) is 6.80. The first-order chi connectivity index (χ1) is 9.67. The first kappa shape index (κ1) is 14.5. The Balaban J connectivity index is 2.43. The molecule has 0 saturated carbocycles. The van der Waals surface area contributed by atoms with Crippen LogP contribution in [-0.4, -0.2) is 17.6 Å². The van der Waals surface area contributed by atoms with Gasteiger partial charge in [-0.25, -0.2) is 0 Å². The predicted octanol–water partition coefficient (Wildman–Crippen LogP) is 3.58. The van der Waals surface area contributed by atoms with Crippen LogP contribution >= 0.6 is 15.9 Å². The molecular formula is C15H15BrN2O2. The normalized spacial score (nSPS) is 10.3. The van der Waals surface area contributed by atoms with E-state index < -0.39 is 0 Å². The van der Waals surface area contributed by atoms with Crippen LogP contribution in [0.5, 0.6) is 0 Å². The van der Waals surface area contributed by atoms with Crippen LogP contribution in [0.1, 0.15) is 23.0 Å². The molecule has 0 aliphatic carbocycles. The zero-order chi connectivity index (χ0) is 14.5. The number of halogens is 1. The predicted molar refractivity (Wildman–Crippen MR) is 81.5 cm³/mol. The molecule has 0 fully saturated rings. The number of amides is 1. The summed E-state index contributed by atoms with van der Waals surface area (Å²) in [4.78, 5) is 12.2. The lowest BCUT2D eigenvalue weighted by molar-refractivity contribution is 0.0956. The van der Waals surface area contributed by atoms with Gasteiger partial charge < -0.3 is 9.84 Å². The molecule has 0 aliphatic heterocycles. The van der Waals surface area contributed by atoms with Crippen molar-refractivity contribution in [1.29, 1.82) is 0 Å². The van der Waals surface area contributed by atoms with Gasteiger partial charge >= 0.3 is 0 Å². The largest absolute Gasteiger partial charge is 0.360 e. The van der Waals surface area contributed by atoms with E-state index in [9.17, 15) is 4.79 Å². The molecule has 0 bridgehead atoms. The second-order valence-corrected chi connectivity index (χ2v) is 5.10. The molecule has 0 radical (unpaired) electrons. The molecule has 0 aliphatic rings. The van der Waals surface area contributed by atoms with Crippen molar-refractivity contribution in [2.45, 2.75) is 13.3 Å². The molecule has 104 valence electrons. The van der Waals surface area contributed by atoms with Crippen molar-refractivity contribution in [3.05, 3.63) is 52.7 Å². The number of rotatable bonds is 5. The lowest BCUT2D eigenvalue weighted by Crippen LogP contribution is -2.24. The Morgan fingerprint density at radius 1 is 1.45 bits per heavy atom. The minimum atomic E-state index is -0.194. The van der Waals surface area contributed by atoms with Gasteiger partial charge in [-0.2, -0.15) is 0 Å². The highest BCUT2D eigenvalue weighted by atomic mass is 79.9. The number of aryl methyl sites for hydroxylation is 1. The van der Waals surface area contributed by atoms with Gasteiger partial charge in [0.1, 0.15) is 17.0 Å². The van der Waals surface area contributed by atoms with Gasteiger partial charge in [0.25, 0.3) is 5.91 Å². The molecule has 1 amide bonds. The molecule has 5 heteroatoms. The second-order valence-electron chi connectivity index (χ2n) is 4.19. The van der Waals surface area contributed by atoms with Crippen molar-refractivity contribution in [1.82, 2.24) is 10.5 Å². The minimum Gasteiger partial charge on any atom is -0.360 e. The van der Waals surface area contributed by atoms with Crippen molar-refractivity contribution in [3.63, 3.8) is 0 Å². The number of aromatic nitrogens is 1. The summed E-state index contributed by atoms with van der Waals surface area (Å²) < 4.78 is 6.25. The van der Waals surface area contributed by atoms with Gasteiger partial charge in [0, 0.05) is 23.0 Å². The molecule has 1 N–H and O–H groups in total. The Hall–Kier alpha value is -1.88. The highest BCUT2D eigenvalue weighted by molar-refractivity contribution is 9.10. The fourth-order valence-electron chi connectivity index (χ4n) is 1.86. The van der Waals surface area contributed by atoms with Crippen LogP contribution in [0.15, 0.2) is 45.9 Å². The zero-order valence-electron chi connectivity index (χ0n) is 11.1. The summed E-state index contributed by atoms with van der Waals surface area (Å²) in [6, 6.07) is 7.60. The fourth-order valence-corrected chi connectivity index (χ4v) is 2.12. The van der Waals surface area contributed by atoms with Crippen molar-refractivity contribution >= 4 is 21.8 Å². The molecule has 4 nitrogen and oxygen atoms in total. The van der Waals surface area contributed by atoms with Crippen LogP contribution in [0.3, 0.4) is 0 Å². The maximum absolute atomic E-state index is 12.2. The van der Waals surface area contributed by atoms with E-state index in [4.69, 9.17) is 4.52 Å². The summed E-state index contributed by atoms with van der Waals surface area (Å²) in [5.41, 5.74) is 1.91. The van der Waals surface area contributed by atoms with Gasteiger partial charge in [0.15, 0.2) is 0 Å². The van der Waals surface area contributed by atoms with E-state index in [1.807, 2.05) is 31.2 Å². The Kier molecular flexibility index (Phi) is 4.74. The molecule has 0 atom stereocenters. The van der Waals surface area contributed by atoms with Gasteiger partial charge in [-0.3, -0.25) is 4.79 Å². The molecule has 0 spiro atoms. The smallest absolute Gasteiger partial charge is 0.257 e. The van der Waals surface area contributed by atoms with Crippen molar-refractivity contribution in [2.75, 3.05) is 6.54 Å².